The average molecular weight is 278 g/mol. The maximum atomic E-state index is 12.3. The molecule has 21 heavy (non-hydrogen) atoms. The van der Waals surface area contributed by atoms with Crippen LogP contribution in [0.15, 0.2) is 42.5 Å². The minimum atomic E-state index is -0.200. The number of rotatable bonds is 2. The van der Waals surface area contributed by atoms with Gasteiger partial charge in [-0.25, -0.2) is 0 Å². The van der Waals surface area contributed by atoms with Crippen molar-refractivity contribution in [2.75, 3.05) is 11.9 Å². The summed E-state index contributed by atoms with van der Waals surface area (Å²) in [4.78, 5) is 26.0. The number of amides is 2. The van der Waals surface area contributed by atoms with Gasteiger partial charge in [0.2, 0.25) is 0 Å². The maximum Gasteiger partial charge on any atom is 0.261 e. The zero-order valence-electron chi connectivity index (χ0n) is 11.4. The summed E-state index contributed by atoms with van der Waals surface area (Å²) in [6.45, 7) is 1.28. The smallest absolute Gasteiger partial charge is 0.261 e. The van der Waals surface area contributed by atoms with Crippen molar-refractivity contribution in [1.29, 1.82) is 0 Å². The van der Waals surface area contributed by atoms with E-state index in [2.05, 4.69) is 11.4 Å². The van der Waals surface area contributed by atoms with Crippen molar-refractivity contribution in [3.8, 4) is 0 Å². The molecule has 4 heteroatoms. The fraction of sp³-hybridized carbons (Fsp3) is 0.176. The van der Waals surface area contributed by atoms with Crippen LogP contribution in [-0.4, -0.2) is 23.3 Å². The normalized spacial score (nSPS) is 15.9. The summed E-state index contributed by atoms with van der Waals surface area (Å²) in [6, 6.07) is 13.1. The molecule has 2 amide bonds. The van der Waals surface area contributed by atoms with Gasteiger partial charge in [-0.2, -0.15) is 0 Å². The maximum absolute atomic E-state index is 12.3. The molecule has 0 saturated heterocycles. The molecular formula is C17H14N2O2. The lowest BCUT2D eigenvalue weighted by Gasteiger charge is -2.14. The number of nitrogens with one attached hydrogen (secondary N) is 1. The zero-order valence-corrected chi connectivity index (χ0v) is 11.4. The van der Waals surface area contributed by atoms with Gasteiger partial charge in [0.25, 0.3) is 11.8 Å². The van der Waals surface area contributed by atoms with Crippen LogP contribution < -0.4 is 5.32 Å². The first-order chi connectivity index (χ1) is 10.2. The molecule has 0 radical (unpaired) electrons. The van der Waals surface area contributed by atoms with E-state index in [-0.39, 0.29) is 11.8 Å². The van der Waals surface area contributed by atoms with Gasteiger partial charge in [0.15, 0.2) is 0 Å². The van der Waals surface area contributed by atoms with E-state index >= 15 is 0 Å². The van der Waals surface area contributed by atoms with Crippen molar-refractivity contribution >= 4 is 17.5 Å². The SMILES string of the molecule is O=C1c2ccccc2C(=O)N1Cc1ccc2c(c1)CCN2. The van der Waals surface area contributed by atoms with Crippen LogP contribution in [0.2, 0.25) is 0 Å². The lowest BCUT2D eigenvalue weighted by molar-refractivity contribution is 0.0642. The molecule has 2 aromatic carbocycles. The predicted octanol–water partition coefficient (Wildman–Crippen LogP) is 2.45. The fourth-order valence-corrected chi connectivity index (χ4v) is 3.02. The lowest BCUT2D eigenvalue weighted by Crippen LogP contribution is -2.29. The third-order valence-electron chi connectivity index (χ3n) is 4.10. The number of imide groups is 1. The van der Waals surface area contributed by atoms with Gasteiger partial charge in [0.1, 0.15) is 0 Å². The Morgan fingerprint density at radius 1 is 1.00 bits per heavy atom. The van der Waals surface area contributed by atoms with Crippen molar-refractivity contribution in [2.45, 2.75) is 13.0 Å². The Balaban J connectivity index is 1.64. The van der Waals surface area contributed by atoms with Gasteiger partial charge in [-0.15, -0.1) is 0 Å². The van der Waals surface area contributed by atoms with Gasteiger partial charge in [0, 0.05) is 12.2 Å². The monoisotopic (exact) mass is 278 g/mol. The van der Waals surface area contributed by atoms with Gasteiger partial charge in [0.05, 0.1) is 17.7 Å². The number of hydrogen-bond acceptors (Lipinski definition) is 3. The molecular weight excluding hydrogens is 264 g/mol. The van der Waals surface area contributed by atoms with Crippen molar-refractivity contribution < 1.29 is 9.59 Å². The molecule has 0 unspecified atom stereocenters. The second kappa shape index (κ2) is 4.45. The average Bonchev–Trinajstić information content (AvgIpc) is 3.06. The minimum Gasteiger partial charge on any atom is -0.384 e. The molecule has 0 spiro atoms. The number of carbonyl (C=O) groups excluding carboxylic acids is 2. The standard InChI is InChI=1S/C17H14N2O2/c20-16-13-3-1-2-4-14(13)17(21)19(16)10-11-5-6-15-12(9-11)7-8-18-15/h1-6,9,18H,7-8,10H2. The van der Waals surface area contributed by atoms with Crippen LogP contribution >= 0.6 is 0 Å². The molecule has 0 aliphatic carbocycles. The number of benzene rings is 2. The molecule has 2 aromatic rings. The third kappa shape index (κ3) is 1.83. The quantitative estimate of drug-likeness (QED) is 0.858. The summed E-state index contributed by atoms with van der Waals surface area (Å²) in [5.41, 5.74) is 4.41. The highest BCUT2D eigenvalue weighted by molar-refractivity contribution is 6.21. The first-order valence-corrected chi connectivity index (χ1v) is 7.05. The molecule has 4 nitrogen and oxygen atoms in total. The Morgan fingerprint density at radius 2 is 1.71 bits per heavy atom. The zero-order chi connectivity index (χ0) is 14.4. The largest absolute Gasteiger partial charge is 0.384 e. The van der Waals surface area contributed by atoms with E-state index < -0.39 is 0 Å². The van der Waals surface area contributed by atoms with Crippen molar-refractivity contribution in [1.82, 2.24) is 4.90 Å². The van der Waals surface area contributed by atoms with Crippen molar-refractivity contribution in [3.05, 3.63) is 64.7 Å². The second-order valence-corrected chi connectivity index (χ2v) is 5.41. The first-order valence-electron chi connectivity index (χ1n) is 7.05. The highest BCUT2D eigenvalue weighted by Gasteiger charge is 2.35. The molecule has 2 aliphatic rings. The Bertz CT molecular complexity index is 732. The molecule has 0 fully saturated rings. The summed E-state index contributed by atoms with van der Waals surface area (Å²) in [5.74, 6) is -0.400. The van der Waals surface area contributed by atoms with E-state index in [1.165, 1.54) is 10.5 Å². The Labute approximate surface area is 122 Å². The highest BCUT2D eigenvalue weighted by atomic mass is 16.2. The van der Waals surface area contributed by atoms with E-state index in [0.717, 1.165) is 24.2 Å². The van der Waals surface area contributed by atoms with Crippen molar-refractivity contribution in [2.24, 2.45) is 0 Å². The molecule has 104 valence electrons. The summed E-state index contributed by atoms with van der Waals surface area (Å²) in [5, 5.41) is 3.31. The number of hydrogen-bond donors (Lipinski definition) is 1. The van der Waals surface area contributed by atoms with Crippen LogP contribution in [0.3, 0.4) is 0 Å². The van der Waals surface area contributed by atoms with Gasteiger partial charge in [-0.3, -0.25) is 14.5 Å². The third-order valence-corrected chi connectivity index (χ3v) is 4.10. The minimum absolute atomic E-state index is 0.200. The van der Waals surface area contributed by atoms with Crippen molar-refractivity contribution in [3.63, 3.8) is 0 Å². The molecule has 0 saturated carbocycles. The first kappa shape index (κ1) is 12.1. The number of nitrogens with zero attached hydrogens (tertiary/aromatic N) is 1. The number of anilines is 1. The van der Waals surface area contributed by atoms with Crippen LogP contribution in [-0.2, 0) is 13.0 Å². The molecule has 0 bridgehead atoms. The highest BCUT2D eigenvalue weighted by Crippen LogP contribution is 2.27. The molecule has 4 rings (SSSR count). The van der Waals surface area contributed by atoms with E-state index in [1.54, 1.807) is 24.3 Å². The van der Waals surface area contributed by atoms with E-state index in [1.807, 2.05) is 12.1 Å². The van der Waals surface area contributed by atoms with Gasteiger partial charge < -0.3 is 5.32 Å². The van der Waals surface area contributed by atoms with Gasteiger partial charge >= 0.3 is 0 Å². The van der Waals surface area contributed by atoms with Crippen LogP contribution in [0.25, 0.3) is 0 Å². The Hall–Kier alpha value is -2.62. The molecule has 0 aromatic heterocycles. The predicted molar refractivity (Wildman–Crippen MR) is 79.3 cm³/mol. The second-order valence-electron chi connectivity index (χ2n) is 5.41. The number of carbonyl (C=O) groups is 2. The summed E-state index contributed by atoms with van der Waals surface area (Å²) in [6.07, 6.45) is 0.991. The molecule has 0 atom stereocenters. The molecule has 2 heterocycles. The Morgan fingerprint density at radius 3 is 2.43 bits per heavy atom. The molecule has 1 N–H and O–H groups in total. The Kier molecular flexibility index (Phi) is 2.57. The summed E-state index contributed by atoms with van der Waals surface area (Å²) < 4.78 is 0. The van der Waals surface area contributed by atoms with Gasteiger partial charge in [-0.05, 0) is 35.7 Å². The van der Waals surface area contributed by atoms with E-state index in [0.29, 0.717) is 17.7 Å². The van der Waals surface area contributed by atoms with Crippen LogP contribution in [0.1, 0.15) is 31.8 Å². The van der Waals surface area contributed by atoms with Crippen LogP contribution in [0.4, 0.5) is 5.69 Å². The number of fused-ring (bicyclic) bond motifs is 2. The van der Waals surface area contributed by atoms with Gasteiger partial charge in [-0.1, -0.05) is 24.3 Å². The van der Waals surface area contributed by atoms with E-state index in [9.17, 15) is 9.59 Å². The van der Waals surface area contributed by atoms with E-state index in [4.69, 9.17) is 0 Å². The summed E-state index contributed by atoms with van der Waals surface area (Å²) >= 11 is 0. The fourth-order valence-electron chi connectivity index (χ4n) is 3.02. The van der Waals surface area contributed by atoms with Crippen LogP contribution in [0.5, 0.6) is 0 Å². The van der Waals surface area contributed by atoms with Crippen LogP contribution in [0, 0.1) is 0 Å². The topological polar surface area (TPSA) is 49.4 Å². The summed E-state index contributed by atoms with van der Waals surface area (Å²) in [7, 11) is 0. The molecule has 2 aliphatic heterocycles. The lowest BCUT2D eigenvalue weighted by atomic mass is 10.1.